The number of thiophene rings is 1. The van der Waals surface area contributed by atoms with E-state index in [4.69, 9.17) is 21.3 Å². The quantitative estimate of drug-likeness (QED) is 0.622. The van der Waals surface area contributed by atoms with Crippen LogP contribution in [0.4, 0.5) is 0 Å². The molecule has 4 rings (SSSR count). The minimum Gasteiger partial charge on any atom is -0.497 e. The number of hydrogen-bond donors (Lipinski definition) is 0. The fourth-order valence-electron chi connectivity index (χ4n) is 3.12. The summed E-state index contributed by atoms with van der Waals surface area (Å²) in [7, 11) is 1.69. The molecule has 0 bridgehead atoms. The van der Waals surface area contributed by atoms with Crippen molar-refractivity contribution >= 4 is 38.7 Å². The SMILES string of the molecule is COc1ccc2c(c1)C(c1sc3cccc(C)c3c1Cl)=NCC2. The Hall–Kier alpha value is -1.84. The third kappa shape index (κ3) is 2.35. The van der Waals surface area contributed by atoms with Gasteiger partial charge in [-0.25, -0.2) is 0 Å². The molecule has 23 heavy (non-hydrogen) atoms. The number of halogens is 1. The molecule has 0 saturated heterocycles. The van der Waals surface area contributed by atoms with Crippen LogP contribution in [0, 0.1) is 6.92 Å². The van der Waals surface area contributed by atoms with Gasteiger partial charge in [-0.3, -0.25) is 4.99 Å². The fourth-order valence-corrected chi connectivity index (χ4v) is 4.82. The molecule has 0 N–H and O–H groups in total. The maximum Gasteiger partial charge on any atom is 0.119 e. The van der Waals surface area contributed by atoms with E-state index in [0.29, 0.717) is 0 Å². The lowest BCUT2D eigenvalue weighted by Crippen LogP contribution is -2.13. The molecular formula is C19H16ClNOS. The third-order valence-corrected chi connectivity index (χ3v) is 5.96. The van der Waals surface area contributed by atoms with E-state index < -0.39 is 0 Å². The molecule has 0 radical (unpaired) electrons. The number of methoxy groups -OCH3 is 1. The summed E-state index contributed by atoms with van der Waals surface area (Å²) in [5.41, 5.74) is 4.65. The molecule has 0 saturated carbocycles. The lowest BCUT2D eigenvalue weighted by atomic mass is 9.96. The summed E-state index contributed by atoms with van der Waals surface area (Å²) >= 11 is 8.45. The molecule has 3 aromatic rings. The number of aliphatic imine (C=N–C) groups is 1. The Labute approximate surface area is 144 Å². The standard InChI is InChI=1S/C19H16ClNOS/c1-11-4-3-5-15-16(11)17(20)19(23-15)18-14-10-13(22-2)7-6-12(14)8-9-21-18/h3-7,10H,8-9H2,1-2H3. The average Bonchev–Trinajstić information content (AvgIpc) is 2.92. The van der Waals surface area contributed by atoms with Gasteiger partial charge in [-0.1, -0.05) is 29.8 Å². The highest BCUT2D eigenvalue weighted by Crippen LogP contribution is 2.40. The second-order valence-corrected chi connectivity index (χ2v) is 7.13. The van der Waals surface area contributed by atoms with E-state index in [9.17, 15) is 0 Å². The number of fused-ring (bicyclic) bond motifs is 2. The Morgan fingerprint density at radius 2 is 2.09 bits per heavy atom. The zero-order valence-electron chi connectivity index (χ0n) is 13.0. The van der Waals surface area contributed by atoms with Gasteiger partial charge in [0, 0.05) is 22.2 Å². The molecule has 0 unspecified atom stereocenters. The highest BCUT2D eigenvalue weighted by molar-refractivity contribution is 7.22. The van der Waals surface area contributed by atoms with Crippen LogP contribution in [0.2, 0.25) is 5.02 Å². The van der Waals surface area contributed by atoms with Gasteiger partial charge in [0.15, 0.2) is 0 Å². The van der Waals surface area contributed by atoms with Gasteiger partial charge in [0.2, 0.25) is 0 Å². The fraction of sp³-hybridized carbons (Fsp3) is 0.211. The summed E-state index contributed by atoms with van der Waals surface area (Å²) in [5, 5.41) is 1.96. The molecule has 2 aromatic carbocycles. The van der Waals surface area contributed by atoms with Crippen molar-refractivity contribution in [3.63, 3.8) is 0 Å². The summed E-state index contributed by atoms with van der Waals surface area (Å²) in [5.74, 6) is 0.853. The van der Waals surface area contributed by atoms with Crippen molar-refractivity contribution in [2.75, 3.05) is 13.7 Å². The van der Waals surface area contributed by atoms with Crippen molar-refractivity contribution in [3.8, 4) is 5.75 Å². The van der Waals surface area contributed by atoms with Gasteiger partial charge < -0.3 is 4.74 Å². The van der Waals surface area contributed by atoms with Gasteiger partial charge in [-0.2, -0.15) is 0 Å². The summed E-state index contributed by atoms with van der Waals surface area (Å²) in [6.07, 6.45) is 0.963. The lowest BCUT2D eigenvalue weighted by Gasteiger charge is -2.17. The highest BCUT2D eigenvalue weighted by atomic mass is 35.5. The first-order chi connectivity index (χ1) is 11.2. The second-order valence-electron chi connectivity index (χ2n) is 5.70. The van der Waals surface area contributed by atoms with Crippen LogP contribution in [0.3, 0.4) is 0 Å². The monoisotopic (exact) mass is 341 g/mol. The second kappa shape index (κ2) is 5.66. The zero-order chi connectivity index (χ0) is 16.0. The van der Waals surface area contributed by atoms with Crippen molar-refractivity contribution in [2.45, 2.75) is 13.3 Å². The van der Waals surface area contributed by atoms with Crippen LogP contribution in [0.5, 0.6) is 5.75 Å². The lowest BCUT2D eigenvalue weighted by molar-refractivity contribution is 0.414. The molecule has 0 aliphatic carbocycles. The summed E-state index contributed by atoms with van der Waals surface area (Å²) < 4.78 is 6.60. The molecule has 2 nitrogen and oxygen atoms in total. The van der Waals surface area contributed by atoms with Crippen LogP contribution in [-0.2, 0) is 6.42 Å². The molecule has 0 spiro atoms. The maximum absolute atomic E-state index is 6.73. The molecule has 4 heteroatoms. The van der Waals surface area contributed by atoms with Crippen LogP contribution >= 0.6 is 22.9 Å². The smallest absolute Gasteiger partial charge is 0.119 e. The van der Waals surface area contributed by atoms with Gasteiger partial charge in [-0.05, 0) is 42.7 Å². The molecule has 2 heterocycles. The summed E-state index contributed by atoms with van der Waals surface area (Å²) in [6, 6.07) is 12.5. The van der Waals surface area contributed by atoms with E-state index in [2.05, 4.69) is 37.3 Å². The maximum atomic E-state index is 6.73. The van der Waals surface area contributed by atoms with Crippen LogP contribution in [0.15, 0.2) is 41.4 Å². The van der Waals surface area contributed by atoms with Gasteiger partial charge in [0.05, 0.1) is 22.7 Å². The van der Waals surface area contributed by atoms with Crippen molar-refractivity contribution < 1.29 is 4.74 Å². The van der Waals surface area contributed by atoms with Crippen LogP contribution < -0.4 is 4.74 Å². The highest BCUT2D eigenvalue weighted by Gasteiger charge is 2.22. The molecule has 0 atom stereocenters. The first-order valence-corrected chi connectivity index (χ1v) is 8.78. The van der Waals surface area contributed by atoms with E-state index in [-0.39, 0.29) is 0 Å². The molecule has 116 valence electrons. The zero-order valence-corrected chi connectivity index (χ0v) is 14.6. The predicted molar refractivity (Wildman–Crippen MR) is 98.8 cm³/mol. The molecule has 1 aliphatic heterocycles. The Balaban J connectivity index is 1.94. The van der Waals surface area contributed by atoms with Crippen molar-refractivity contribution in [2.24, 2.45) is 4.99 Å². The van der Waals surface area contributed by atoms with Crippen molar-refractivity contribution in [1.29, 1.82) is 0 Å². The van der Waals surface area contributed by atoms with Gasteiger partial charge in [0.25, 0.3) is 0 Å². The Bertz CT molecular complexity index is 942. The van der Waals surface area contributed by atoms with Crippen LogP contribution in [-0.4, -0.2) is 19.4 Å². The number of benzene rings is 2. The van der Waals surface area contributed by atoms with Crippen LogP contribution in [0.1, 0.15) is 21.6 Å². The minimum absolute atomic E-state index is 0.804. The molecule has 1 aliphatic rings. The summed E-state index contributed by atoms with van der Waals surface area (Å²) in [4.78, 5) is 5.85. The average molecular weight is 342 g/mol. The normalized spacial score (nSPS) is 13.8. The third-order valence-electron chi connectivity index (χ3n) is 4.30. The van der Waals surface area contributed by atoms with Crippen LogP contribution in [0.25, 0.3) is 10.1 Å². The molecule has 1 aromatic heterocycles. The topological polar surface area (TPSA) is 21.6 Å². The van der Waals surface area contributed by atoms with Gasteiger partial charge >= 0.3 is 0 Å². The summed E-state index contributed by atoms with van der Waals surface area (Å²) in [6.45, 7) is 2.91. The van der Waals surface area contributed by atoms with Gasteiger partial charge in [-0.15, -0.1) is 11.3 Å². The first-order valence-electron chi connectivity index (χ1n) is 7.59. The molecular weight excluding hydrogens is 326 g/mol. The van der Waals surface area contributed by atoms with E-state index in [0.717, 1.165) is 45.3 Å². The molecule has 0 fully saturated rings. The van der Waals surface area contributed by atoms with E-state index in [1.165, 1.54) is 15.8 Å². The van der Waals surface area contributed by atoms with Crippen molar-refractivity contribution in [3.05, 3.63) is 63.0 Å². The number of rotatable bonds is 2. The van der Waals surface area contributed by atoms with Crippen molar-refractivity contribution in [1.82, 2.24) is 0 Å². The molecule has 0 amide bonds. The van der Waals surface area contributed by atoms with E-state index >= 15 is 0 Å². The number of hydrogen-bond acceptors (Lipinski definition) is 3. The predicted octanol–water partition coefficient (Wildman–Crippen LogP) is 5.27. The Morgan fingerprint density at radius 1 is 1.22 bits per heavy atom. The number of ether oxygens (including phenoxy) is 1. The Kier molecular flexibility index (Phi) is 3.63. The largest absolute Gasteiger partial charge is 0.497 e. The number of nitrogens with zero attached hydrogens (tertiary/aromatic N) is 1. The number of aryl methyl sites for hydroxylation is 1. The van der Waals surface area contributed by atoms with Gasteiger partial charge in [0.1, 0.15) is 5.75 Å². The first kappa shape index (κ1) is 14.7. The minimum atomic E-state index is 0.804. The van der Waals surface area contributed by atoms with E-state index in [1.807, 2.05) is 6.07 Å². The Morgan fingerprint density at radius 3 is 2.87 bits per heavy atom. The van der Waals surface area contributed by atoms with E-state index in [1.54, 1.807) is 18.4 Å².